The SMILES string of the molecule is O=C(Nc1cccc(N2CCCCC2=O)c1)c1cc2ccccc2s1. The third kappa shape index (κ3) is 3.28. The van der Waals surface area contributed by atoms with Gasteiger partial charge >= 0.3 is 0 Å². The molecule has 1 fully saturated rings. The van der Waals surface area contributed by atoms with Crippen LogP contribution < -0.4 is 10.2 Å². The summed E-state index contributed by atoms with van der Waals surface area (Å²) in [7, 11) is 0. The molecule has 0 bridgehead atoms. The minimum atomic E-state index is -0.122. The molecular weight excluding hydrogens is 332 g/mol. The van der Waals surface area contributed by atoms with E-state index in [2.05, 4.69) is 5.32 Å². The van der Waals surface area contributed by atoms with E-state index >= 15 is 0 Å². The number of carbonyl (C=O) groups excluding carboxylic acids is 2. The quantitative estimate of drug-likeness (QED) is 0.746. The van der Waals surface area contributed by atoms with Crippen LogP contribution in [0.15, 0.2) is 54.6 Å². The van der Waals surface area contributed by atoms with Crippen molar-refractivity contribution in [3.63, 3.8) is 0 Å². The second kappa shape index (κ2) is 6.69. The minimum absolute atomic E-state index is 0.122. The van der Waals surface area contributed by atoms with Gasteiger partial charge in [0.2, 0.25) is 5.91 Å². The van der Waals surface area contributed by atoms with Crippen LogP contribution in [0.2, 0.25) is 0 Å². The van der Waals surface area contributed by atoms with E-state index in [1.165, 1.54) is 11.3 Å². The van der Waals surface area contributed by atoms with Gasteiger partial charge in [0.05, 0.1) is 4.88 Å². The molecule has 0 radical (unpaired) electrons. The maximum absolute atomic E-state index is 12.6. The molecule has 2 heterocycles. The van der Waals surface area contributed by atoms with Crippen LogP contribution in [-0.2, 0) is 4.79 Å². The van der Waals surface area contributed by atoms with Crippen molar-refractivity contribution >= 4 is 44.6 Å². The molecule has 3 aromatic rings. The summed E-state index contributed by atoms with van der Waals surface area (Å²) in [5.74, 6) is 0.0301. The van der Waals surface area contributed by atoms with Gasteiger partial charge in [0.1, 0.15) is 0 Å². The Morgan fingerprint density at radius 1 is 1.04 bits per heavy atom. The van der Waals surface area contributed by atoms with Crippen LogP contribution >= 0.6 is 11.3 Å². The zero-order valence-corrected chi connectivity index (χ0v) is 14.5. The van der Waals surface area contributed by atoms with E-state index in [0.29, 0.717) is 17.0 Å². The average molecular weight is 350 g/mol. The van der Waals surface area contributed by atoms with Crippen molar-refractivity contribution < 1.29 is 9.59 Å². The van der Waals surface area contributed by atoms with Crippen LogP contribution in [0.3, 0.4) is 0 Å². The summed E-state index contributed by atoms with van der Waals surface area (Å²) in [6.45, 7) is 0.743. The Morgan fingerprint density at radius 3 is 2.76 bits per heavy atom. The molecule has 0 spiro atoms. The van der Waals surface area contributed by atoms with Crippen molar-refractivity contribution in [2.75, 3.05) is 16.8 Å². The Kier molecular flexibility index (Phi) is 4.24. The van der Waals surface area contributed by atoms with Gasteiger partial charge in [0.15, 0.2) is 0 Å². The fourth-order valence-corrected chi connectivity index (χ4v) is 4.07. The molecule has 1 aromatic heterocycles. The first-order chi connectivity index (χ1) is 12.2. The molecule has 0 aliphatic carbocycles. The zero-order valence-electron chi connectivity index (χ0n) is 13.7. The van der Waals surface area contributed by atoms with Gasteiger partial charge in [-0.25, -0.2) is 0 Å². The molecule has 2 amide bonds. The van der Waals surface area contributed by atoms with Crippen LogP contribution in [-0.4, -0.2) is 18.4 Å². The first kappa shape index (κ1) is 15.8. The Hall–Kier alpha value is -2.66. The summed E-state index contributed by atoms with van der Waals surface area (Å²) in [4.78, 5) is 27.1. The van der Waals surface area contributed by atoms with Gasteiger partial charge in [-0.05, 0) is 48.6 Å². The van der Waals surface area contributed by atoms with E-state index < -0.39 is 0 Å². The second-order valence-electron chi connectivity index (χ2n) is 6.16. The molecule has 4 nitrogen and oxygen atoms in total. The summed E-state index contributed by atoms with van der Waals surface area (Å²) in [5, 5.41) is 4.02. The Bertz CT molecular complexity index is 915. The molecule has 1 aliphatic heterocycles. The Balaban J connectivity index is 1.55. The number of nitrogens with zero attached hydrogens (tertiary/aromatic N) is 1. The standard InChI is InChI=1S/C20H18N2O2S/c23-19-10-3-4-11-22(19)16-8-5-7-15(13-16)21-20(24)18-12-14-6-1-2-9-17(14)25-18/h1-2,5-9,12-13H,3-4,10-11H2,(H,21,24). The van der Waals surface area contributed by atoms with E-state index in [0.717, 1.165) is 35.2 Å². The first-order valence-electron chi connectivity index (χ1n) is 8.41. The van der Waals surface area contributed by atoms with Crippen molar-refractivity contribution in [3.05, 3.63) is 59.5 Å². The van der Waals surface area contributed by atoms with Gasteiger partial charge < -0.3 is 10.2 Å². The minimum Gasteiger partial charge on any atom is -0.321 e. The van der Waals surface area contributed by atoms with Crippen LogP contribution in [0.25, 0.3) is 10.1 Å². The highest BCUT2D eigenvalue weighted by atomic mass is 32.1. The lowest BCUT2D eigenvalue weighted by atomic mass is 10.1. The number of thiophene rings is 1. The molecule has 0 unspecified atom stereocenters. The van der Waals surface area contributed by atoms with Gasteiger partial charge in [-0.3, -0.25) is 9.59 Å². The topological polar surface area (TPSA) is 49.4 Å². The fourth-order valence-electron chi connectivity index (χ4n) is 3.12. The number of hydrogen-bond acceptors (Lipinski definition) is 3. The molecular formula is C20H18N2O2S. The van der Waals surface area contributed by atoms with Crippen LogP contribution in [0.5, 0.6) is 0 Å². The number of rotatable bonds is 3. The number of hydrogen-bond donors (Lipinski definition) is 1. The first-order valence-corrected chi connectivity index (χ1v) is 9.23. The third-order valence-corrected chi connectivity index (χ3v) is 5.50. The molecule has 1 aliphatic rings. The summed E-state index contributed by atoms with van der Waals surface area (Å²) in [6, 6.07) is 17.4. The van der Waals surface area contributed by atoms with Gasteiger partial charge in [-0.15, -0.1) is 11.3 Å². The van der Waals surface area contributed by atoms with Crippen molar-refractivity contribution in [1.82, 2.24) is 0 Å². The second-order valence-corrected chi connectivity index (χ2v) is 7.24. The predicted octanol–water partition coefficient (Wildman–Crippen LogP) is 4.67. The lowest BCUT2D eigenvalue weighted by molar-refractivity contribution is -0.119. The molecule has 1 saturated heterocycles. The molecule has 0 atom stereocenters. The predicted molar refractivity (Wildman–Crippen MR) is 102 cm³/mol. The van der Waals surface area contributed by atoms with Gasteiger partial charge in [0.25, 0.3) is 5.91 Å². The number of amides is 2. The van der Waals surface area contributed by atoms with E-state index in [9.17, 15) is 9.59 Å². The van der Waals surface area contributed by atoms with E-state index in [1.807, 2.05) is 54.6 Å². The lowest BCUT2D eigenvalue weighted by Gasteiger charge is -2.27. The summed E-state index contributed by atoms with van der Waals surface area (Å²) >= 11 is 1.48. The summed E-state index contributed by atoms with van der Waals surface area (Å²) in [5.41, 5.74) is 1.55. The van der Waals surface area contributed by atoms with E-state index in [4.69, 9.17) is 0 Å². The molecule has 126 valence electrons. The molecule has 0 saturated carbocycles. The number of nitrogens with one attached hydrogen (secondary N) is 1. The maximum Gasteiger partial charge on any atom is 0.265 e. The van der Waals surface area contributed by atoms with E-state index in [-0.39, 0.29) is 11.8 Å². The molecule has 1 N–H and O–H groups in total. The van der Waals surface area contributed by atoms with E-state index in [1.54, 1.807) is 4.90 Å². The largest absolute Gasteiger partial charge is 0.321 e. The highest BCUT2D eigenvalue weighted by Crippen LogP contribution is 2.27. The monoisotopic (exact) mass is 350 g/mol. The Morgan fingerprint density at radius 2 is 1.92 bits per heavy atom. The van der Waals surface area contributed by atoms with Crippen LogP contribution in [0.1, 0.15) is 28.9 Å². The number of fused-ring (bicyclic) bond motifs is 1. The molecule has 25 heavy (non-hydrogen) atoms. The Labute approximate surface area is 150 Å². The molecule has 5 heteroatoms. The van der Waals surface area contributed by atoms with Crippen LogP contribution in [0, 0.1) is 0 Å². The van der Waals surface area contributed by atoms with Gasteiger partial charge in [0, 0.05) is 29.0 Å². The van der Waals surface area contributed by atoms with Crippen molar-refractivity contribution in [2.24, 2.45) is 0 Å². The highest BCUT2D eigenvalue weighted by molar-refractivity contribution is 7.20. The van der Waals surface area contributed by atoms with Gasteiger partial charge in [-0.2, -0.15) is 0 Å². The smallest absolute Gasteiger partial charge is 0.265 e. The normalized spacial score (nSPS) is 14.7. The fraction of sp³-hybridized carbons (Fsp3) is 0.200. The summed E-state index contributed by atoms with van der Waals surface area (Å²) < 4.78 is 1.10. The molecule has 2 aromatic carbocycles. The van der Waals surface area contributed by atoms with Gasteiger partial charge in [-0.1, -0.05) is 24.3 Å². The van der Waals surface area contributed by atoms with Crippen molar-refractivity contribution in [1.29, 1.82) is 0 Å². The number of piperidine rings is 1. The van der Waals surface area contributed by atoms with Crippen LogP contribution in [0.4, 0.5) is 11.4 Å². The lowest BCUT2D eigenvalue weighted by Crippen LogP contribution is -2.35. The zero-order chi connectivity index (χ0) is 17.2. The third-order valence-electron chi connectivity index (χ3n) is 4.39. The number of carbonyl (C=O) groups is 2. The molecule has 4 rings (SSSR count). The maximum atomic E-state index is 12.6. The highest BCUT2D eigenvalue weighted by Gasteiger charge is 2.20. The average Bonchev–Trinajstić information content (AvgIpc) is 3.07. The number of benzene rings is 2. The number of anilines is 2. The van der Waals surface area contributed by atoms with Crippen molar-refractivity contribution in [3.8, 4) is 0 Å². The summed E-state index contributed by atoms with van der Waals surface area (Å²) in [6.07, 6.45) is 2.57. The van der Waals surface area contributed by atoms with Crippen molar-refractivity contribution in [2.45, 2.75) is 19.3 Å².